The summed E-state index contributed by atoms with van der Waals surface area (Å²) in [5.74, 6) is 2.70. The number of β-amino-alcohol motifs (C(OH)–C–C–N with tert-alkyl or cyclic N) is 1. The normalized spacial score (nSPS) is 25.4. The van der Waals surface area contributed by atoms with Crippen molar-refractivity contribution in [3.8, 4) is 0 Å². The number of hydrogen-bond donors (Lipinski definition) is 2. The molecule has 1 aromatic heterocycles. The van der Waals surface area contributed by atoms with Gasteiger partial charge in [0.15, 0.2) is 0 Å². The lowest BCUT2D eigenvalue weighted by atomic mass is 10.3. The van der Waals surface area contributed by atoms with E-state index in [1.807, 2.05) is 4.90 Å². The van der Waals surface area contributed by atoms with E-state index in [1.165, 1.54) is 25.7 Å². The van der Waals surface area contributed by atoms with Gasteiger partial charge >= 0.3 is 0 Å². The Morgan fingerprint density at radius 2 is 1.57 bits per heavy atom. The van der Waals surface area contributed by atoms with Crippen LogP contribution in [0.1, 0.15) is 25.7 Å². The maximum atomic E-state index is 10.3. The number of aromatic nitrogens is 2. The lowest BCUT2D eigenvalue weighted by Crippen LogP contribution is -2.51. The summed E-state index contributed by atoms with van der Waals surface area (Å²) in [5.41, 5.74) is 0. The van der Waals surface area contributed by atoms with Crippen molar-refractivity contribution in [3.05, 3.63) is 6.07 Å². The average Bonchev–Trinajstić information content (AvgIpc) is 3.28. The van der Waals surface area contributed by atoms with Crippen molar-refractivity contribution in [2.45, 2.75) is 31.9 Å². The van der Waals surface area contributed by atoms with Gasteiger partial charge in [0.2, 0.25) is 5.95 Å². The smallest absolute Gasteiger partial charge is 0.229 e. The molecule has 0 radical (unpaired) electrons. The minimum Gasteiger partial charge on any atom is -0.372 e. The zero-order valence-electron chi connectivity index (χ0n) is 13.6. The molecule has 2 N–H and O–H groups in total. The molecule has 0 bridgehead atoms. The predicted molar refractivity (Wildman–Crippen MR) is 91.1 cm³/mol. The van der Waals surface area contributed by atoms with Crippen molar-refractivity contribution >= 4 is 17.6 Å². The molecule has 3 aliphatic heterocycles. The van der Waals surface area contributed by atoms with Crippen molar-refractivity contribution in [1.29, 1.82) is 0 Å². The van der Waals surface area contributed by atoms with Crippen molar-refractivity contribution < 1.29 is 5.11 Å². The molecule has 3 fully saturated rings. The molecule has 126 valence electrons. The topological polar surface area (TPSA) is 67.8 Å². The van der Waals surface area contributed by atoms with Crippen LogP contribution in [-0.4, -0.2) is 67.1 Å². The molecule has 1 atom stereocenters. The van der Waals surface area contributed by atoms with Gasteiger partial charge in [-0.3, -0.25) is 0 Å². The Hall–Kier alpha value is -1.60. The molecule has 0 aliphatic carbocycles. The molecule has 3 aliphatic rings. The quantitative estimate of drug-likeness (QED) is 0.836. The molecule has 3 saturated heterocycles. The first-order valence-electron chi connectivity index (χ1n) is 8.86. The summed E-state index contributed by atoms with van der Waals surface area (Å²) in [6, 6.07) is 2.05. The second-order valence-corrected chi connectivity index (χ2v) is 6.65. The van der Waals surface area contributed by atoms with Gasteiger partial charge in [0.1, 0.15) is 17.9 Å². The summed E-state index contributed by atoms with van der Waals surface area (Å²) in [5, 5.41) is 13.5. The van der Waals surface area contributed by atoms with E-state index in [1.54, 1.807) is 0 Å². The van der Waals surface area contributed by atoms with Crippen LogP contribution in [0.2, 0.25) is 0 Å². The van der Waals surface area contributed by atoms with E-state index < -0.39 is 6.23 Å². The van der Waals surface area contributed by atoms with Gasteiger partial charge in [-0.1, -0.05) is 0 Å². The third kappa shape index (κ3) is 3.07. The number of aliphatic hydroxyl groups excluding tert-OH is 1. The highest BCUT2D eigenvalue weighted by Crippen LogP contribution is 2.28. The minimum atomic E-state index is -0.517. The first-order valence-corrected chi connectivity index (χ1v) is 8.86. The SMILES string of the molecule is OC1CNCCN1c1cc(N2CCCC2)nc(N2CCCC2)n1. The van der Waals surface area contributed by atoms with Gasteiger partial charge in [-0.25, -0.2) is 0 Å². The first-order chi connectivity index (χ1) is 11.3. The highest BCUT2D eigenvalue weighted by molar-refractivity contribution is 5.56. The van der Waals surface area contributed by atoms with Gasteiger partial charge in [-0.2, -0.15) is 9.97 Å². The van der Waals surface area contributed by atoms with Gasteiger partial charge in [0.25, 0.3) is 0 Å². The van der Waals surface area contributed by atoms with Crippen LogP contribution in [0.15, 0.2) is 6.07 Å². The Balaban J connectivity index is 1.68. The minimum absolute atomic E-state index is 0.517. The van der Waals surface area contributed by atoms with Crippen LogP contribution < -0.4 is 20.0 Å². The second kappa shape index (κ2) is 6.49. The molecule has 7 nitrogen and oxygen atoms in total. The number of aliphatic hydroxyl groups is 1. The van der Waals surface area contributed by atoms with Crippen LogP contribution in [0.3, 0.4) is 0 Å². The first kappa shape index (κ1) is 15.0. The molecule has 1 unspecified atom stereocenters. The van der Waals surface area contributed by atoms with Crippen LogP contribution in [0.5, 0.6) is 0 Å². The lowest BCUT2D eigenvalue weighted by molar-refractivity contribution is 0.151. The highest BCUT2D eigenvalue weighted by atomic mass is 16.3. The summed E-state index contributed by atoms with van der Waals surface area (Å²) in [4.78, 5) is 16.2. The zero-order valence-corrected chi connectivity index (χ0v) is 13.6. The molecule has 23 heavy (non-hydrogen) atoms. The van der Waals surface area contributed by atoms with Gasteiger partial charge in [0.05, 0.1) is 0 Å². The standard InChI is InChI=1S/C16H26N6O/c23-15-12-17-5-10-22(15)14-11-13(20-6-1-2-7-20)18-16(19-14)21-8-3-4-9-21/h11,15,17,23H,1-10,12H2. The molecule has 7 heteroatoms. The number of hydrogen-bond acceptors (Lipinski definition) is 7. The van der Waals surface area contributed by atoms with E-state index in [-0.39, 0.29) is 0 Å². The largest absolute Gasteiger partial charge is 0.372 e. The lowest BCUT2D eigenvalue weighted by Gasteiger charge is -2.34. The maximum Gasteiger partial charge on any atom is 0.229 e. The van der Waals surface area contributed by atoms with E-state index in [4.69, 9.17) is 9.97 Å². The average molecular weight is 318 g/mol. The Bertz CT molecular complexity index is 507. The van der Waals surface area contributed by atoms with Gasteiger partial charge < -0.3 is 25.1 Å². The maximum absolute atomic E-state index is 10.3. The number of nitrogens with zero attached hydrogens (tertiary/aromatic N) is 5. The zero-order chi connectivity index (χ0) is 15.6. The van der Waals surface area contributed by atoms with Gasteiger partial charge in [-0.05, 0) is 25.7 Å². The van der Waals surface area contributed by atoms with Crippen molar-refractivity contribution in [1.82, 2.24) is 15.3 Å². The molecular weight excluding hydrogens is 292 g/mol. The van der Waals surface area contributed by atoms with Crippen LogP contribution in [0, 0.1) is 0 Å². The van der Waals surface area contributed by atoms with Crippen LogP contribution >= 0.6 is 0 Å². The summed E-state index contributed by atoms with van der Waals surface area (Å²) in [6.07, 6.45) is 4.37. The molecule has 0 spiro atoms. The van der Waals surface area contributed by atoms with E-state index in [2.05, 4.69) is 21.2 Å². The molecule has 0 saturated carbocycles. The fourth-order valence-electron chi connectivity index (χ4n) is 3.68. The van der Waals surface area contributed by atoms with E-state index >= 15 is 0 Å². The fourth-order valence-corrected chi connectivity index (χ4v) is 3.68. The Morgan fingerprint density at radius 1 is 0.913 bits per heavy atom. The van der Waals surface area contributed by atoms with Crippen molar-refractivity contribution in [3.63, 3.8) is 0 Å². The summed E-state index contributed by atoms with van der Waals surface area (Å²) in [7, 11) is 0. The molecular formula is C16H26N6O. The van der Waals surface area contributed by atoms with Crippen molar-refractivity contribution in [2.24, 2.45) is 0 Å². The number of nitrogens with one attached hydrogen (secondary N) is 1. The fraction of sp³-hybridized carbons (Fsp3) is 0.750. The molecule has 0 amide bonds. The monoisotopic (exact) mass is 318 g/mol. The molecule has 4 heterocycles. The van der Waals surface area contributed by atoms with E-state index in [0.717, 1.165) is 56.9 Å². The third-order valence-electron chi connectivity index (χ3n) is 5.02. The predicted octanol–water partition coefficient (Wildman–Crippen LogP) is 0.405. The van der Waals surface area contributed by atoms with Crippen LogP contribution in [0.4, 0.5) is 17.6 Å². The Morgan fingerprint density at radius 3 is 2.26 bits per heavy atom. The third-order valence-corrected chi connectivity index (χ3v) is 5.02. The van der Waals surface area contributed by atoms with E-state index in [0.29, 0.717) is 6.54 Å². The number of piperazine rings is 1. The highest BCUT2D eigenvalue weighted by Gasteiger charge is 2.25. The van der Waals surface area contributed by atoms with Crippen LogP contribution in [-0.2, 0) is 0 Å². The summed E-state index contributed by atoms with van der Waals surface area (Å²) in [6.45, 7) is 6.44. The molecule has 0 aromatic carbocycles. The van der Waals surface area contributed by atoms with Gasteiger partial charge in [-0.15, -0.1) is 0 Å². The van der Waals surface area contributed by atoms with E-state index in [9.17, 15) is 5.11 Å². The van der Waals surface area contributed by atoms with Crippen molar-refractivity contribution in [2.75, 3.05) is 60.5 Å². The second-order valence-electron chi connectivity index (χ2n) is 6.65. The number of rotatable bonds is 3. The van der Waals surface area contributed by atoms with Gasteiger partial charge in [0, 0.05) is 51.9 Å². The Kier molecular flexibility index (Phi) is 4.22. The molecule has 1 aromatic rings. The number of anilines is 3. The van der Waals surface area contributed by atoms with Crippen LogP contribution in [0.25, 0.3) is 0 Å². The Labute approximate surface area is 137 Å². The summed E-state index contributed by atoms with van der Waals surface area (Å²) >= 11 is 0. The summed E-state index contributed by atoms with van der Waals surface area (Å²) < 4.78 is 0. The molecule has 4 rings (SSSR count).